The number of amides is 1. The van der Waals surface area contributed by atoms with Crippen molar-refractivity contribution in [3.8, 4) is 0 Å². The highest BCUT2D eigenvalue weighted by Gasteiger charge is 2.46. The highest BCUT2D eigenvalue weighted by atomic mass is 16.5. The van der Waals surface area contributed by atoms with Gasteiger partial charge in [0.05, 0.1) is 25.9 Å². The molecule has 1 aromatic heterocycles. The maximum absolute atomic E-state index is 11.7. The Morgan fingerprint density at radius 2 is 2.13 bits per heavy atom. The monoisotopic (exact) mass is 322 g/mol. The number of rotatable bonds is 6. The number of likely N-dealkylation sites (N-methyl/N-ethyl adjacent to an activating group) is 1. The number of nitrogens with zero attached hydrogens (tertiary/aromatic N) is 2. The van der Waals surface area contributed by atoms with Crippen LogP contribution in [0.25, 0.3) is 0 Å². The molecular formula is C17H26N2O4. The highest BCUT2D eigenvalue weighted by Crippen LogP contribution is 2.33. The van der Waals surface area contributed by atoms with E-state index in [1.54, 1.807) is 19.0 Å². The summed E-state index contributed by atoms with van der Waals surface area (Å²) in [5, 5.41) is 0. The Labute approximate surface area is 137 Å². The van der Waals surface area contributed by atoms with E-state index >= 15 is 0 Å². The number of carbonyl (C=O) groups excluding carboxylic acids is 1. The van der Waals surface area contributed by atoms with E-state index in [2.05, 4.69) is 11.8 Å². The van der Waals surface area contributed by atoms with E-state index in [-0.39, 0.29) is 18.6 Å². The number of furan rings is 1. The summed E-state index contributed by atoms with van der Waals surface area (Å²) in [6.07, 6.45) is 0.958. The van der Waals surface area contributed by atoms with E-state index in [4.69, 9.17) is 13.9 Å². The number of carbonyl (C=O) groups is 1. The van der Waals surface area contributed by atoms with E-state index in [0.29, 0.717) is 18.6 Å². The summed E-state index contributed by atoms with van der Waals surface area (Å²) in [6, 6.07) is 4.44. The quantitative estimate of drug-likeness (QED) is 0.786. The minimum Gasteiger partial charge on any atom is -0.465 e. The van der Waals surface area contributed by atoms with Gasteiger partial charge in [0.2, 0.25) is 5.91 Å². The predicted octanol–water partition coefficient (Wildman–Crippen LogP) is 1.15. The first-order valence-corrected chi connectivity index (χ1v) is 8.29. The zero-order valence-corrected chi connectivity index (χ0v) is 14.2. The molecule has 2 saturated heterocycles. The van der Waals surface area contributed by atoms with Crippen LogP contribution in [0.1, 0.15) is 18.4 Å². The van der Waals surface area contributed by atoms with E-state index < -0.39 is 0 Å². The summed E-state index contributed by atoms with van der Waals surface area (Å²) in [6.45, 7) is 5.25. The molecule has 3 rings (SSSR count). The first-order valence-electron chi connectivity index (χ1n) is 8.29. The maximum Gasteiger partial charge on any atom is 0.248 e. The Kier molecular flexibility index (Phi) is 5.04. The number of ether oxygens (including phenoxy) is 2. The van der Waals surface area contributed by atoms with Crippen molar-refractivity contribution in [1.82, 2.24) is 9.80 Å². The predicted molar refractivity (Wildman–Crippen MR) is 85.0 cm³/mol. The number of hydrogen-bond donors (Lipinski definition) is 0. The van der Waals surface area contributed by atoms with Crippen LogP contribution in [-0.4, -0.2) is 68.3 Å². The highest BCUT2D eigenvalue weighted by molar-refractivity contribution is 5.76. The van der Waals surface area contributed by atoms with E-state index in [9.17, 15) is 4.79 Å². The molecule has 0 aliphatic carbocycles. The molecule has 0 bridgehead atoms. The van der Waals surface area contributed by atoms with Crippen LogP contribution in [-0.2, 0) is 27.2 Å². The fourth-order valence-corrected chi connectivity index (χ4v) is 3.36. The van der Waals surface area contributed by atoms with E-state index in [0.717, 1.165) is 37.6 Å². The van der Waals surface area contributed by atoms with Gasteiger partial charge in [-0.2, -0.15) is 0 Å². The molecule has 3 heterocycles. The third-order valence-corrected chi connectivity index (χ3v) is 4.80. The normalized spacial score (nSPS) is 27.3. The van der Waals surface area contributed by atoms with Gasteiger partial charge in [-0.3, -0.25) is 9.69 Å². The first kappa shape index (κ1) is 16.5. The van der Waals surface area contributed by atoms with Crippen molar-refractivity contribution >= 4 is 5.91 Å². The van der Waals surface area contributed by atoms with Crippen molar-refractivity contribution in [1.29, 1.82) is 0 Å². The summed E-state index contributed by atoms with van der Waals surface area (Å²) in [4.78, 5) is 15.7. The molecule has 0 aromatic carbocycles. The largest absolute Gasteiger partial charge is 0.465 e. The van der Waals surface area contributed by atoms with Crippen molar-refractivity contribution in [3.05, 3.63) is 23.7 Å². The molecule has 2 aliphatic heterocycles. The van der Waals surface area contributed by atoms with Crippen LogP contribution in [0, 0.1) is 5.92 Å². The summed E-state index contributed by atoms with van der Waals surface area (Å²) >= 11 is 0. The van der Waals surface area contributed by atoms with Crippen molar-refractivity contribution in [3.63, 3.8) is 0 Å². The molecule has 0 radical (unpaired) electrons. The van der Waals surface area contributed by atoms with Crippen LogP contribution in [0.15, 0.2) is 16.5 Å². The minimum atomic E-state index is -0.00228. The maximum atomic E-state index is 11.7. The van der Waals surface area contributed by atoms with Gasteiger partial charge in [0, 0.05) is 39.0 Å². The number of aryl methyl sites for hydroxylation is 1. The lowest BCUT2D eigenvalue weighted by Gasteiger charge is -2.20. The van der Waals surface area contributed by atoms with Crippen LogP contribution >= 0.6 is 0 Å². The Morgan fingerprint density at radius 1 is 1.35 bits per heavy atom. The molecule has 6 nitrogen and oxygen atoms in total. The molecule has 6 heteroatoms. The second-order valence-corrected chi connectivity index (χ2v) is 6.56. The molecule has 2 aliphatic rings. The lowest BCUT2D eigenvalue weighted by molar-refractivity contribution is -0.136. The molecule has 1 amide bonds. The average molecular weight is 322 g/mol. The fraction of sp³-hybridized carbons (Fsp3) is 0.706. The number of likely N-dealkylation sites (tertiary alicyclic amines) is 1. The summed E-state index contributed by atoms with van der Waals surface area (Å²) in [5.41, 5.74) is 0. The zero-order chi connectivity index (χ0) is 16.4. The molecule has 3 atom stereocenters. The van der Waals surface area contributed by atoms with Crippen LogP contribution < -0.4 is 0 Å². The van der Waals surface area contributed by atoms with Gasteiger partial charge >= 0.3 is 0 Å². The fourth-order valence-electron chi connectivity index (χ4n) is 3.36. The molecule has 2 fully saturated rings. The molecule has 0 spiro atoms. The lowest BCUT2D eigenvalue weighted by atomic mass is 10.0. The topological polar surface area (TPSA) is 55.2 Å². The van der Waals surface area contributed by atoms with Gasteiger partial charge in [0.25, 0.3) is 0 Å². The number of hydrogen-bond acceptors (Lipinski definition) is 5. The van der Waals surface area contributed by atoms with Gasteiger partial charge in [0.1, 0.15) is 18.1 Å². The second kappa shape index (κ2) is 7.03. The molecule has 0 saturated carbocycles. The Hall–Kier alpha value is -1.37. The van der Waals surface area contributed by atoms with Crippen LogP contribution in [0.3, 0.4) is 0 Å². The third-order valence-electron chi connectivity index (χ3n) is 4.80. The van der Waals surface area contributed by atoms with Crippen LogP contribution in [0.2, 0.25) is 0 Å². The van der Waals surface area contributed by atoms with Crippen molar-refractivity contribution in [2.24, 2.45) is 5.92 Å². The molecule has 0 N–H and O–H groups in total. The van der Waals surface area contributed by atoms with Gasteiger partial charge < -0.3 is 18.8 Å². The van der Waals surface area contributed by atoms with Crippen LogP contribution in [0.4, 0.5) is 0 Å². The van der Waals surface area contributed by atoms with Crippen molar-refractivity contribution < 1.29 is 18.7 Å². The Morgan fingerprint density at radius 3 is 2.83 bits per heavy atom. The molecular weight excluding hydrogens is 296 g/mol. The summed E-state index contributed by atoms with van der Waals surface area (Å²) < 4.78 is 17.4. The first-order chi connectivity index (χ1) is 11.1. The summed E-state index contributed by atoms with van der Waals surface area (Å²) in [7, 11) is 3.49. The van der Waals surface area contributed by atoms with Gasteiger partial charge in [-0.1, -0.05) is 6.92 Å². The zero-order valence-electron chi connectivity index (χ0n) is 14.2. The van der Waals surface area contributed by atoms with Gasteiger partial charge in [-0.25, -0.2) is 0 Å². The smallest absolute Gasteiger partial charge is 0.248 e. The SMILES string of the molecule is CCc1ccc(CN2C[C@@H](OCC(=O)N(C)C)[C@@H]3COC[C@@H]32)o1. The third kappa shape index (κ3) is 3.59. The summed E-state index contributed by atoms with van der Waals surface area (Å²) in [5.74, 6) is 2.34. The van der Waals surface area contributed by atoms with Crippen molar-refractivity contribution in [2.75, 3.05) is 40.5 Å². The molecule has 0 unspecified atom stereocenters. The van der Waals surface area contributed by atoms with Crippen LogP contribution in [0.5, 0.6) is 0 Å². The molecule has 128 valence electrons. The van der Waals surface area contributed by atoms with Gasteiger partial charge in [-0.15, -0.1) is 0 Å². The van der Waals surface area contributed by atoms with E-state index in [1.165, 1.54) is 0 Å². The molecule has 23 heavy (non-hydrogen) atoms. The Balaban J connectivity index is 1.60. The minimum absolute atomic E-state index is 0.00228. The lowest BCUT2D eigenvalue weighted by Crippen LogP contribution is -2.32. The van der Waals surface area contributed by atoms with Crippen molar-refractivity contribution in [2.45, 2.75) is 32.0 Å². The standard InChI is InChI=1S/C17H26N2O4/c1-4-12-5-6-13(23-12)7-19-8-16(14-9-21-10-15(14)19)22-11-17(20)18(2)3/h5-6,14-16H,4,7-11H2,1-3H3/t14-,15+,16-/m1/s1. The van der Waals surface area contributed by atoms with Gasteiger partial charge in [-0.05, 0) is 12.1 Å². The second-order valence-electron chi connectivity index (χ2n) is 6.56. The Bertz CT molecular complexity index is 542. The molecule has 1 aromatic rings. The average Bonchev–Trinajstić information content (AvgIpc) is 3.23. The van der Waals surface area contributed by atoms with E-state index in [1.807, 2.05) is 12.1 Å². The number of fused-ring (bicyclic) bond motifs is 1. The van der Waals surface area contributed by atoms with Gasteiger partial charge in [0.15, 0.2) is 0 Å².